The van der Waals surface area contributed by atoms with Crippen LogP contribution in [0, 0.1) is 5.92 Å². The maximum Gasteiger partial charge on any atom is 0.343 e. The second-order valence-electron chi connectivity index (χ2n) is 1.45. The molecule has 0 fully saturated rings. The summed E-state index contributed by atoms with van der Waals surface area (Å²) in [5.74, 6) is -0.403. The maximum absolute atomic E-state index is 10.2. The number of oxime groups is 1. The molecule has 1 heterocycles. The maximum atomic E-state index is 10.2. The van der Waals surface area contributed by atoms with E-state index in [1.807, 2.05) is 0 Å². The fourth-order valence-corrected chi connectivity index (χ4v) is 0.318. The highest BCUT2D eigenvalue weighted by molar-refractivity contribution is 5.92. The number of carbonyl (C=O) groups is 1. The molecule has 1 unspecified atom stereocenters. The molecule has 0 radical (unpaired) electrons. The lowest BCUT2D eigenvalue weighted by Crippen LogP contribution is -2.04. The van der Waals surface area contributed by atoms with Crippen molar-refractivity contribution in [3.63, 3.8) is 0 Å². The molecule has 0 aromatic heterocycles. The van der Waals surface area contributed by atoms with Gasteiger partial charge in [-0.25, -0.2) is 4.79 Å². The minimum atomic E-state index is -0.264. The molecule has 1 aliphatic rings. The van der Waals surface area contributed by atoms with Gasteiger partial charge in [-0.1, -0.05) is 5.16 Å². The Hall–Kier alpha value is -0.860. The van der Waals surface area contributed by atoms with Gasteiger partial charge < -0.3 is 4.84 Å². The molecule has 1 aliphatic heterocycles. The van der Waals surface area contributed by atoms with E-state index < -0.39 is 0 Å². The number of rotatable bonds is 0. The first kappa shape index (κ1) is 4.30. The molecule has 7 heavy (non-hydrogen) atoms. The molecule has 0 N–H and O–H groups in total. The van der Waals surface area contributed by atoms with E-state index in [1.54, 1.807) is 6.92 Å². The molecule has 1 atom stereocenters. The van der Waals surface area contributed by atoms with Crippen molar-refractivity contribution in [3.8, 4) is 0 Å². The Morgan fingerprint density at radius 1 is 2.00 bits per heavy atom. The van der Waals surface area contributed by atoms with Crippen LogP contribution >= 0.6 is 0 Å². The summed E-state index contributed by atoms with van der Waals surface area (Å²) in [5.41, 5.74) is 0. The summed E-state index contributed by atoms with van der Waals surface area (Å²) in [6.45, 7) is 1.73. The molecule has 0 amide bonds. The first-order valence-electron chi connectivity index (χ1n) is 2.05. The summed E-state index contributed by atoms with van der Waals surface area (Å²) in [4.78, 5) is 14.4. The fourth-order valence-electron chi connectivity index (χ4n) is 0.318. The van der Waals surface area contributed by atoms with Gasteiger partial charge in [0.15, 0.2) is 0 Å². The molecular formula is C4H5NO2. The number of hydrogen-bond acceptors (Lipinski definition) is 3. The molecular weight excluding hydrogens is 94.0 g/mol. The van der Waals surface area contributed by atoms with Crippen LogP contribution in [0.2, 0.25) is 0 Å². The van der Waals surface area contributed by atoms with E-state index in [1.165, 1.54) is 6.21 Å². The van der Waals surface area contributed by atoms with Crippen LogP contribution in [0.1, 0.15) is 6.92 Å². The number of carbonyl (C=O) groups excluding carboxylic acids is 1. The predicted octanol–water partition coefficient (Wildman–Crippen LogP) is 0.165. The van der Waals surface area contributed by atoms with E-state index in [-0.39, 0.29) is 11.9 Å². The second-order valence-corrected chi connectivity index (χ2v) is 1.45. The zero-order chi connectivity index (χ0) is 5.28. The van der Waals surface area contributed by atoms with Crippen molar-refractivity contribution >= 4 is 12.2 Å². The van der Waals surface area contributed by atoms with Gasteiger partial charge in [0.1, 0.15) is 0 Å². The molecule has 3 heteroatoms. The lowest BCUT2D eigenvalue weighted by Gasteiger charge is -1.85. The van der Waals surface area contributed by atoms with Crippen LogP contribution in [0.3, 0.4) is 0 Å². The molecule has 0 bridgehead atoms. The molecule has 0 saturated carbocycles. The van der Waals surface area contributed by atoms with Crippen LogP contribution in [-0.4, -0.2) is 12.2 Å². The lowest BCUT2D eigenvalue weighted by molar-refractivity contribution is -0.142. The molecule has 0 aromatic carbocycles. The van der Waals surface area contributed by atoms with Crippen LogP contribution in [0.15, 0.2) is 5.16 Å². The number of nitrogens with zero attached hydrogens (tertiary/aromatic N) is 1. The zero-order valence-electron chi connectivity index (χ0n) is 3.92. The summed E-state index contributed by atoms with van der Waals surface area (Å²) in [6, 6.07) is 0. The van der Waals surface area contributed by atoms with E-state index in [2.05, 4.69) is 9.99 Å². The van der Waals surface area contributed by atoms with Gasteiger partial charge >= 0.3 is 5.97 Å². The summed E-state index contributed by atoms with van der Waals surface area (Å²) < 4.78 is 0. The van der Waals surface area contributed by atoms with Gasteiger partial charge in [-0.3, -0.25) is 0 Å². The van der Waals surface area contributed by atoms with Crippen molar-refractivity contribution in [3.05, 3.63) is 0 Å². The lowest BCUT2D eigenvalue weighted by atomic mass is 10.2. The van der Waals surface area contributed by atoms with Crippen molar-refractivity contribution in [2.24, 2.45) is 11.1 Å². The first-order valence-corrected chi connectivity index (χ1v) is 2.05. The molecule has 0 aromatic rings. The third kappa shape index (κ3) is 0.607. The van der Waals surface area contributed by atoms with Gasteiger partial charge in [-0.15, -0.1) is 0 Å². The van der Waals surface area contributed by atoms with Crippen LogP contribution in [-0.2, 0) is 9.63 Å². The highest BCUT2D eigenvalue weighted by atomic mass is 16.7. The first-order chi connectivity index (χ1) is 3.30. The summed E-state index contributed by atoms with van der Waals surface area (Å²) in [6.07, 6.45) is 1.47. The summed E-state index contributed by atoms with van der Waals surface area (Å²) in [5, 5.41) is 3.27. The van der Waals surface area contributed by atoms with Gasteiger partial charge in [-0.2, -0.15) is 0 Å². The van der Waals surface area contributed by atoms with E-state index in [0.29, 0.717) is 0 Å². The largest absolute Gasteiger partial charge is 0.343 e. The Kier molecular flexibility index (Phi) is 0.817. The van der Waals surface area contributed by atoms with E-state index >= 15 is 0 Å². The minimum absolute atomic E-state index is 0.139. The predicted molar refractivity (Wildman–Crippen MR) is 23.7 cm³/mol. The van der Waals surface area contributed by atoms with Gasteiger partial charge in [0, 0.05) is 0 Å². The van der Waals surface area contributed by atoms with Gasteiger partial charge in [0.2, 0.25) is 0 Å². The van der Waals surface area contributed by atoms with Crippen molar-refractivity contribution < 1.29 is 9.63 Å². The van der Waals surface area contributed by atoms with Crippen LogP contribution in [0.25, 0.3) is 0 Å². The van der Waals surface area contributed by atoms with Gasteiger partial charge in [0.05, 0.1) is 12.1 Å². The Morgan fingerprint density at radius 3 is 2.86 bits per heavy atom. The van der Waals surface area contributed by atoms with Crippen molar-refractivity contribution in [1.82, 2.24) is 0 Å². The van der Waals surface area contributed by atoms with Crippen molar-refractivity contribution in [2.75, 3.05) is 0 Å². The second kappa shape index (κ2) is 1.33. The summed E-state index contributed by atoms with van der Waals surface area (Å²) in [7, 11) is 0. The fraction of sp³-hybridized carbons (Fsp3) is 0.500. The van der Waals surface area contributed by atoms with Crippen LogP contribution in [0.4, 0.5) is 0 Å². The average molecular weight is 99.1 g/mol. The SMILES string of the molecule is CC1C=NOC1=O. The third-order valence-corrected chi connectivity index (χ3v) is 0.799. The minimum Gasteiger partial charge on any atom is -0.318 e. The smallest absolute Gasteiger partial charge is 0.318 e. The van der Waals surface area contributed by atoms with Gasteiger partial charge in [-0.05, 0) is 6.92 Å². The van der Waals surface area contributed by atoms with E-state index in [9.17, 15) is 4.79 Å². The highest BCUT2D eigenvalue weighted by Gasteiger charge is 2.16. The third-order valence-electron chi connectivity index (χ3n) is 0.799. The monoisotopic (exact) mass is 99.0 g/mol. The van der Waals surface area contributed by atoms with Crippen molar-refractivity contribution in [1.29, 1.82) is 0 Å². The molecule has 1 rings (SSSR count). The molecule has 0 aliphatic carbocycles. The topological polar surface area (TPSA) is 38.7 Å². The average Bonchev–Trinajstić information content (AvgIpc) is 1.91. The normalized spacial score (nSPS) is 28.1. The Bertz CT molecular complexity index is 119. The standard InChI is InChI=1S/C4H5NO2/c1-3-2-5-7-4(3)6/h2-3H,1H3. The Morgan fingerprint density at radius 2 is 2.71 bits per heavy atom. The molecule has 3 nitrogen and oxygen atoms in total. The molecule has 38 valence electrons. The van der Waals surface area contributed by atoms with E-state index in [0.717, 1.165) is 0 Å². The van der Waals surface area contributed by atoms with Crippen LogP contribution in [0.5, 0.6) is 0 Å². The Labute approximate surface area is 41.0 Å². The Balaban J connectivity index is 2.62. The van der Waals surface area contributed by atoms with Crippen molar-refractivity contribution in [2.45, 2.75) is 6.92 Å². The molecule has 0 spiro atoms. The van der Waals surface area contributed by atoms with Crippen LogP contribution < -0.4 is 0 Å². The number of hydrogen-bond donors (Lipinski definition) is 0. The zero-order valence-corrected chi connectivity index (χ0v) is 3.92. The highest BCUT2D eigenvalue weighted by Crippen LogP contribution is 2.01. The molecule has 0 saturated heterocycles. The summed E-state index contributed by atoms with van der Waals surface area (Å²) >= 11 is 0. The quantitative estimate of drug-likeness (QED) is 0.406. The van der Waals surface area contributed by atoms with E-state index in [4.69, 9.17) is 0 Å². The van der Waals surface area contributed by atoms with Gasteiger partial charge in [0.25, 0.3) is 0 Å².